The molecule has 2 aromatic carbocycles. The zero-order valence-electron chi connectivity index (χ0n) is 12.7. The van der Waals surface area contributed by atoms with Gasteiger partial charge in [0, 0.05) is 12.5 Å². The van der Waals surface area contributed by atoms with Crippen LogP contribution in [0.25, 0.3) is 0 Å². The number of rotatable bonds is 3. The fraction of sp³-hybridized carbons (Fsp3) is 0.125. The van der Waals surface area contributed by atoms with Crippen molar-refractivity contribution >= 4 is 83.4 Å². The van der Waals surface area contributed by atoms with Gasteiger partial charge in [0.25, 0.3) is 5.91 Å². The van der Waals surface area contributed by atoms with Crippen molar-refractivity contribution in [2.45, 2.75) is 6.92 Å². The summed E-state index contributed by atoms with van der Waals surface area (Å²) in [6, 6.07) is 9.32. The average molecular weight is 584 g/mol. The van der Waals surface area contributed by atoms with Crippen LogP contribution in [0.4, 0.5) is 5.69 Å². The zero-order valence-corrected chi connectivity index (χ0v) is 18.9. The van der Waals surface area contributed by atoms with E-state index in [1.54, 1.807) is 6.07 Å². The molecule has 0 aliphatic rings. The maximum absolute atomic E-state index is 12.5. The van der Waals surface area contributed by atoms with Crippen molar-refractivity contribution in [2.24, 2.45) is 0 Å². The number of carbonyl (C=O) groups excluding carboxylic acids is 1. The summed E-state index contributed by atoms with van der Waals surface area (Å²) >= 11 is 14.2. The van der Waals surface area contributed by atoms with Crippen molar-refractivity contribution in [1.82, 2.24) is 5.32 Å². The fourth-order valence-electron chi connectivity index (χ4n) is 2.08. The number of hydrogen-bond donors (Lipinski definition) is 2. The molecule has 2 N–H and O–H groups in total. The third-order valence-corrected chi connectivity index (χ3v) is 5.14. The van der Waals surface area contributed by atoms with E-state index in [4.69, 9.17) is 17.0 Å². The van der Waals surface area contributed by atoms with Gasteiger partial charge in [-0.3, -0.25) is 10.1 Å². The molecule has 0 radical (unpaired) electrons. The Kier molecular flexibility index (Phi) is 7.02. The van der Waals surface area contributed by atoms with Gasteiger partial charge in [-0.1, -0.05) is 31.9 Å². The van der Waals surface area contributed by atoms with E-state index in [2.05, 4.69) is 65.1 Å². The molecular weight excluding hydrogens is 571 g/mol. The second-order valence-corrected chi connectivity index (χ2v) is 8.24. The van der Waals surface area contributed by atoms with Crippen LogP contribution in [0.5, 0.6) is 5.75 Å². The van der Waals surface area contributed by atoms with E-state index in [9.17, 15) is 4.79 Å². The number of anilines is 1. The van der Waals surface area contributed by atoms with Crippen LogP contribution < -0.4 is 15.4 Å². The van der Waals surface area contributed by atoms with Crippen LogP contribution >= 0.6 is 66.7 Å². The highest BCUT2D eigenvalue weighted by Gasteiger charge is 2.17. The molecule has 0 heterocycles. The lowest BCUT2D eigenvalue weighted by atomic mass is 10.1. The molecule has 0 atom stereocenters. The van der Waals surface area contributed by atoms with Gasteiger partial charge in [0.2, 0.25) is 0 Å². The predicted molar refractivity (Wildman–Crippen MR) is 116 cm³/mol. The molecule has 0 saturated heterocycles. The molecule has 0 aliphatic heterocycles. The molecule has 4 nitrogen and oxygen atoms in total. The molecule has 0 saturated carbocycles. The first-order valence-electron chi connectivity index (χ1n) is 6.73. The van der Waals surface area contributed by atoms with Gasteiger partial charge in [-0.15, -0.1) is 0 Å². The fourth-order valence-corrected chi connectivity index (χ4v) is 4.30. The van der Waals surface area contributed by atoms with Crippen molar-refractivity contribution in [3.63, 3.8) is 0 Å². The molecule has 8 heteroatoms. The Morgan fingerprint density at radius 2 is 1.92 bits per heavy atom. The summed E-state index contributed by atoms with van der Waals surface area (Å²) in [5, 5.41) is 5.93. The summed E-state index contributed by atoms with van der Waals surface area (Å²) in [6.45, 7) is 1.88. The summed E-state index contributed by atoms with van der Waals surface area (Å²) in [5.41, 5.74) is 2.10. The van der Waals surface area contributed by atoms with Gasteiger partial charge in [-0.25, -0.2) is 0 Å². The number of hydrogen-bond acceptors (Lipinski definition) is 3. The number of methoxy groups -OCH3 is 1. The number of ether oxygens (including phenoxy) is 1. The maximum atomic E-state index is 12.5. The zero-order chi connectivity index (χ0) is 17.9. The second kappa shape index (κ2) is 8.59. The van der Waals surface area contributed by atoms with Crippen LogP contribution in [-0.4, -0.2) is 18.1 Å². The van der Waals surface area contributed by atoms with Gasteiger partial charge in [0.1, 0.15) is 5.75 Å². The molecule has 0 aliphatic carbocycles. The molecule has 2 rings (SSSR count). The van der Waals surface area contributed by atoms with E-state index in [-0.39, 0.29) is 11.0 Å². The third-order valence-electron chi connectivity index (χ3n) is 3.09. The molecule has 0 spiro atoms. The monoisotopic (exact) mass is 582 g/mol. The minimum atomic E-state index is -0.333. The lowest BCUT2D eigenvalue weighted by Gasteiger charge is -2.14. The summed E-state index contributed by atoms with van der Waals surface area (Å²) in [7, 11) is 1.54. The summed E-state index contributed by atoms with van der Waals surface area (Å²) in [5.74, 6) is 0.192. The van der Waals surface area contributed by atoms with Crippen LogP contribution in [0, 0.1) is 10.5 Å². The Morgan fingerprint density at radius 3 is 2.54 bits per heavy atom. The highest BCUT2D eigenvalue weighted by Crippen LogP contribution is 2.28. The number of benzene rings is 2. The lowest BCUT2D eigenvalue weighted by Crippen LogP contribution is -2.34. The van der Waals surface area contributed by atoms with Gasteiger partial charge in [-0.2, -0.15) is 0 Å². The summed E-state index contributed by atoms with van der Waals surface area (Å²) in [4.78, 5) is 12.5. The van der Waals surface area contributed by atoms with Crippen LogP contribution in [0.1, 0.15) is 15.9 Å². The normalized spacial score (nSPS) is 10.2. The Hall–Kier alpha value is -0.710. The van der Waals surface area contributed by atoms with Crippen LogP contribution in [-0.2, 0) is 0 Å². The van der Waals surface area contributed by atoms with Gasteiger partial charge in [0.15, 0.2) is 5.11 Å². The third kappa shape index (κ3) is 4.90. The standard InChI is InChI=1S/C16H13Br2IN2O2S/c1-8-5-10(18)6-11(14(8)23-2)15(22)21-16(24)20-13-4-3-9(17)7-12(13)19/h3-7H,1-2H3,(H2,20,21,22,24). The first kappa shape index (κ1) is 19.6. The largest absolute Gasteiger partial charge is 0.496 e. The number of nitrogens with one attached hydrogen (secondary N) is 2. The SMILES string of the molecule is COc1c(C)cc(Br)cc1C(=O)NC(=S)Nc1ccc(Br)cc1I. The van der Waals surface area contributed by atoms with E-state index in [1.807, 2.05) is 31.2 Å². The van der Waals surface area contributed by atoms with Crippen LogP contribution in [0.2, 0.25) is 0 Å². The number of amides is 1. The van der Waals surface area contributed by atoms with Gasteiger partial charge >= 0.3 is 0 Å². The highest BCUT2D eigenvalue weighted by molar-refractivity contribution is 14.1. The predicted octanol–water partition coefficient (Wildman–Crippen LogP) is 5.26. The van der Waals surface area contributed by atoms with Gasteiger partial charge < -0.3 is 10.1 Å². The van der Waals surface area contributed by atoms with E-state index in [1.165, 1.54) is 7.11 Å². The van der Waals surface area contributed by atoms with Crippen LogP contribution in [0.15, 0.2) is 39.3 Å². The van der Waals surface area contributed by atoms with Gasteiger partial charge in [0.05, 0.1) is 18.4 Å². The smallest absolute Gasteiger partial charge is 0.261 e. The summed E-state index contributed by atoms with van der Waals surface area (Å²) in [6.07, 6.45) is 0. The van der Waals surface area contributed by atoms with Gasteiger partial charge in [-0.05, 0) is 77.6 Å². The Balaban J connectivity index is 2.16. The molecule has 0 bridgehead atoms. The average Bonchev–Trinajstić information content (AvgIpc) is 2.49. The van der Waals surface area contributed by atoms with Crippen molar-refractivity contribution < 1.29 is 9.53 Å². The molecule has 0 aromatic heterocycles. The number of aryl methyl sites for hydroxylation is 1. The lowest BCUT2D eigenvalue weighted by molar-refractivity contribution is 0.0974. The molecule has 0 fully saturated rings. The van der Waals surface area contributed by atoms with E-state index < -0.39 is 0 Å². The first-order chi connectivity index (χ1) is 11.3. The minimum Gasteiger partial charge on any atom is -0.496 e. The quantitative estimate of drug-likeness (QED) is 0.382. The number of halogens is 3. The number of carbonyl (C=O) groups is 1. The van der Waals surface area contributed by atoms with Crippen molar-refractivity contribution in [3.05, 3.63) is 54.0 Å². The highest BCUT2D eigenvalue weighted by atomic mass is 127. The topological polar surface area (TPSA) is 50.4 Å². The Labute approximate surface area is 176 Å². The second-order valence-electron chi connectivity index (χ2n) is 4.84. The van der Waals surface area contributed by atoms with E-state index in [0.29, 0.717) is 11.3 Å². The molecule has 24 heavy (non-hydrogen) atoms. The first-order valence-corrected chi connectivity index (χ1v) is 9.80. The number of thiocarbonyl (C=S) groups is 1. The molecule has 2 aromatic rings. The van der Waals surface area contributed by atoms with Crippen molar-refractivity contribution in [1.29, 1.82) is 0 Å². The minimum absolute atomic E-state index is 0.222. The molecule has 0 unspecified atom stereocenters. The van der Waals surface area contributed by atoms with Crippen LogP contribution in [0.3, 0.4) is 0 Å². The van der Waals surface area contributed by atoms with Crippen molar-refractivity contribution in [2.75, 3.05) is 12.4 Å². The Bertz CT molecular complexity index is 815. The van der Waals surface area contributed by atoms with E-state index in [0.717, 1.165) is 23.8 Å². The molecule has 126 valence electrons. The van der Waals surface area contributed by atoms with Crippen molar-refractivity contribution in [3.8, 4) is 5.75 Å². The molecule has 1 amide bonds. The van der Waals surface area contributed by atoms with E-state index >= 15 is 0 Å². The summed E-state index contributed by atoms with van der Waals surface area (Å²) < 4.78 is 8.09. The Morgan fingerprint density at radius 1 is 1.21 bits per heavy atom. The molecular formula is C16H13Br2IN2O2S. The maximum Gasteiger partial charge on any atom is 0.261 e.